The third-order valence-electron chi connectivity index (χ3n) is 6.09. The number of nitrogens with zero attached hydrogens (tertiary/aromatic N) is 2. The van der Waals surface area contributed by atoms with E-state index in [1.807, 2.05) is 17.0 Å². The quantitative estimate of drug-likeness (QED) is 0.445. The van der Waals surface area contributed by atoms with Gasteiger partial charge in [0.25, 0.3) is 0 Å². The molecule has 9 heteroatoms. The molecule has 1 fully saturated rings. The molecule has 0 spiro atoms. The number of benzene rings is 2. The maximum atomic E-state index is 12.4. The molecule has 1 aromatic heterocycles. The molecule has 2 N–H and O–H groups in total. The fourth-order valence-corrected chi connectivity index (χ4v) is 4.16. The number of anilines is 1. The van der Waals surface area contributed by atoms with Gasteiger partial charge in [-0.25, -0.2) is 9.78 Å². The average Bonchev–Trinajstić information content (AvgIpc) is 2.90. The van der Waals surface area contributed by atoms with Crippen LogP contribution in [0.4, 0.5) is 5.69 Å². The Morgan fingerprint density at radius 3 is 2.51 bits per heavy atom. The van der Waals surface area contributed by atoms with E-state index in [4.69, 9.17) is 9.47 Å². The van der Waals surface area contributed by atoms with Gasteiger partial charge in [-0.05, 0) is 54.8 Å². The van der Waals surface area contributed by atoms with Gasteiger partial charge in [-0.3, -0.25) is 9.59 Å². The van der Waals surface area contributed by atoms with Crippen molar-refractivity contribution in [3.8, 4) is 17.4 Å². The number of rotatable bonds is 9. The zero-order valence-electron chi connectivity index (χ0n) is 20.6. The fourth-order valence-electron chi connectivity index (χ4n) is 4.16. The number of aromatic nitrogens is 1. The van der Waals surface area contributed by atoms with Gasteiger partial charge < -0.3 is 24.8 Å². The number of hydrogen-bond acceptors (Lipinski definition) is 6. The average molecular weight is 504 g/mol. The number of para-hydroxylation sites is 1. The second kappa shape index (κ2) is 12.0. The Kier molecular flexibility index (Phi) is 8.35. The number of nitrogens with one attached hydrogen (secondary N) is 1. The van der Waals surface area contributed by atoms with Crippen molar-refractivity contribution in [1.82, 2.24) is 9.88 Å². The monoisotopic (exact) mass is 503 g/mol. The molecule has 0 aliphatic carbocycles. The van der Waals surface area contributed by atoms with Crippen LogP contribution >= 0.6 is 0 Å². The van der Waals surface area contributed by atoms with Crippen LogP contribution in [0.15, 0.2) is 66.9 Å². The molecule has 0 saturated carbocycles. The summed E-state index contributed by atoms with van der Waals surface area (Å²) in [6, 6.07) is 16.9. The Balaban J connectivity index is 1.26. The molecule has 1 aliphatic heterocycles. The maximum absolute atomic E-state index is 12.4. The van der Waals surface area contributed by atoms with Gasteiger partial charge >= 0.3 is 5.97 Å². The van der Waals surface area contributed by atoms with Crippen molar-refractivity contribution in [3.05, 3.63) is 78.0 Å². The van der Waals surface area contributed by atoms with Crippen LogP contribution in [0.1, 0.15) is 35.7 Å². The number of hydrogen-bond donors (Lipinski definition) is 2. The molecule has 2 amide bonds. The summed E-state index contributed by atoms with van der Waals surface area (Å²) in [6.45, 7) is 3.71. The van der Waals surface area contributed by atoms with Crippen LogP contribution in [0.3, 0.4) is 0 Å². The summed E-state index contributed by atoms with van der Waals surface area (Å²) in [5.74, 6) is 0.677. The zero-order valence-corrected chi connectivity index (χ0v) is 20.6. The minimum atomic E-state index is -1.11. The van der Waals surface area contributed by atoms with Gasteiger partial charge in [0, 0.05) is 38.2 Å². The Morgan fingerprint density at radius 1 is 1.05 bits per heavy atom. The minimum Gasteiger partial charge on any atom is -0.493 e. The van der Waals surface area contributed by atoms with E-state index in [0.717, 1.165) is 31.7 Å². The van der Waals surface area contributed by atoms with Gasteiger partial charge in [0.2, 0.25) is 17.7 Å². The molecule has 9 nitrogen and oxygen atoms in total. The molecule has 37 heavy (non-hydrogen) atoms. The molecule has 1 atom stereocenters. The molecule has 2 heterocycles. The number of ether oxygens (including phenoxy) is 2. The number of carbonyl (C=O) groups excluding carboxylic acids is 2. The lowest BCUT2D eigenvalue weighted by Gasteiger charge is -2.31. The Labute approximate surface area is 215 Å². The van der Waals surface area contributed by atoms with Gasteiger partial charge in [-0.15, -0.1) is 0 Å². The largest absolute Gasteiger partial charge is 0.493 e. The number of carbonyl (C=O) groups is 3. The molecule has 2 aromatic carbocycles. The van der Waals surface area contributed by atoms with E-state index in [9.17, 15) is 19.5 Å². The second-order valence-electron chi connectivity index (χ2n) is 8.94. The van der Waals surface area contributed by atoms with Crippen molar-refractivity contribution in [2.75, 3.05) is 25.0 Å². The Morgan fingerprint density at radius 2 is 1.81 bits per heavy atom. The van der Waals surface area contributed by atoms with E-state index in [1.165, 1.54) is 6.07 Å². The molecule has 192 valence electrons. The highest BCUT2D eigenvalue weighted by Gasteiger charge is 2.22. The van der Waals surface area contributed by atoms with Gasteiger partial charge in [0.1, 0.15) is 11.5 Å². The number of likely N-dealkylation sites (tertiary alicyclic amines) is 1. The minimum absolute atomic E-state index is 0.0303. The summed E-state index contributed by atoms with van der Waals surface area (Å²) in [6.07, 6.45) is 3.63. The van der Waals surface area contributed by atoms with E-state index < -0.39 is 5.97 Å². The van der Waals surface area contributed by atoms with E-state index >= 15 is 0 Å². The lowest BCUT2D eigenvalue weighted by Crippen LogP contribution is -2.40. The summed E-state index contributed by atoms with van der Waals surface area (Å²) in [4.78, 5) is 41.4. The Hall–Kier alpha value is -4.40. The fraction of sp³-hybridized carbons (Fsp3) is 0.286. The van der Waals surface area contributed by atoms with Crippen LogP contribution in [0.5, 0.6) is 17.4 Å². The maximum Gasteiger partial charge on any atom is 0.337 e. The van der Waals surface area contributed by atoms with Gasteiger partial charge in [0.05, 0.1) is 24.3 Å². The number of pyridine rings is 1. The molecule has 1 aliphatic rings. The van der Waals surface area contributed by atoms with Crippen LogP contribution in [0.25, 0.3) is 0 Å². The normalized spacial score (nSPS) is 15.1. The molecule has 3 aromatic rings. The number of aromatic carboxylic acids is 1. The van der Waals surface area contributed by atoms with Crippen LogP contribution < -0.4 is 14.8 Å². The third-order valence-corrected chi connectivity index (χ3v) is 6.09. The van der Waals surface area contributed by atoms with Crippen molar-refractivity contribution in [1.29, 1.82) is 0 Å². The smallest absolute Gasteiger partial charge is 0.337 e. The van der Waals surface area contributed by atoms with E-state index in [2.05, 4.69) is 10.3 Å². The van der Waals surface area contributed by atoms with Crippen molar-refractivity contribution < 1.29 is 29.0 Å². The summed E-state index contributed by atoms with van der Waals surface area (Å²) in [5, 5.41) is 11.9. The van der Waals surface area contributed by atoms with Crippen molar-refractivity contribution in [2.24, 2.45) is 5.92 Å². The number of carboxylic acids is 1. The Bertz CT molecular complexity index is 1240. The molecular weight excluding hydrogens is 474 g/mol. The van der Waals surface area contributed by atoms with Gasteiger partial charge in [-0.2, -0.15) is 0 Å². The second-order valence-corrected chi connectivity index (χ2v) is 8.94. The van der Waals surface area contributed by atoms with Crippen molar-refractivity contribution in [2.45, 2.75) is 26.2 Å². The lowest BCUT2D eigenvalue weighted by atomic mass is 9.99. The predicted molar refractivity (Wildman–Crippen MR) is 137 cm³/mol. The van der Waals surface area contributed by atoms with Crippen LogP contribution in [0.2, 0.25) is 0 Å². The highest BCUT2D eigenvalue weighted by Crippen LogP contribution is 2.24. The standard InChI is InChI=1S/C28H29N3O6/c1-19(32)31-14-4-5-21(17-31)18-36-22-9-11-23(12-10-22)37-27-13-8-20(16-29-27)15-26(33)30-25-7-3-2-6-24(25)28(34)35/h2-3,6-13,16,21H,4-5,14-15,17-18H2,1H3,(H,30,33)(H,34,35). The first kappa shape index (κ1) is 25.7. The van der Waals surface area contributed by atoms with E-state index in [-0.39, 0.29) is 29.5 Å². The third kappa shape index (κ3) is 7.30. The molecule has 0 bridgehead atoms. The summed E-state index contributed by atoms with van der Waals surface area (Å²) < 4.78 is 11.7. The highest BCUT2D eigenvalue weighted by atomic mass is 16.5. The van der Waals surface area contributed by atoms with Crippen LogP contribution in [-0.2, 0) is 16.0 Å². The number of piperidine rings is 1. The first-order valence-electron chi connectivity index (χ1n) is 12.1. The summed E-state index contributed by atoms with van der Waals surface area (Å²) >= 11 is 0. The summed E-state index contributed by atoms with van der Waals surface area (Å²) in [5.41, 5.74) is 0.937. The topological polar surface area (TPSA) is 118 Å². The van der Waals surface area contributed by atoms with Gasteiger partial charge in [0.15, 0.2) is 0 Å². The molecular formula is C28H29N3O6. The van der Waals surface area contributed by atoms with E-state index in [0.29, 0.717) is 29.7 Å². The first-order valence-corrected chi connectivity index (χ1v) is 12.1. The molecule has 4 rings (SSSR count). The lowest BCUT2D eigenvalue weighted by molar-refractivity contribution is -0.130. The van der Waals surface area contributed by atoms with Crippen LogP contribution in [-0.4, -0.2) is 52.5 Å². The van der Waals surface area contributed by atoms with Crippen LogP contribution in [0, 0.1) is 5.92 Å². The van der Waals surface area contributed by atoms with Crippen molar-refractivity contribution in [3.63, 3.8) is 0 Å². The molecule has 1 unspecified atom stereocenters. The predicted octanol–water partition coefficient (Wildman–Crippen LogP) is 4.39. The summed E-state index contributed by atoms with van der Waals surface area (Å²) in [7, 11) is 0. The molecule has 1 saturated heterocycles. The van der Waals surface area contributed by atoms with E-state index in [1.54, 1.807) is 55.6 Å². The van der Waals surface area contributed by atoms with Crippen molar-refractivity contribution >= 4 is 23.5 Å². The SMILES string of the molecule is CC(=O)N1CCCC(COc2ccc(Oc3ccc(CC(=O)Nc4ccccc4C(=O)O)cn3)cc2)C1. The highest BCUT2D eigenvalue weighted by molar-refractivity contribution is 6.00. The zero-order chi connectivity index (χ0) is 26.2. The number of carboxylic acid groups (broad SMARTS) is 1. The van der Waals surface area contributed by atoms with Gasteiger partial charge in [-0.1, -0.05) is 18.2 Å². The molecule has 0 radical (unpaired) electrons. The first-order chi connectivity index (χ1) is 17.9. The number of amides is 2.